The van der Waals surface area contributed by atoms with E-state index in [-0.39, 0.29) is 19.4 Å². The van der Waals surface area contributed by atoms with Crippen LogP contribution in [-0.2, 0) is 44.8 Å². The number of amides is 8. The number of hydrogen-bond donors (Lipinski definition) is 11. The highest BCUT2D eigenvalue weighted by Crippen LogP contribution is 2.21. The van der Waals surface area contributed by atoms with Crippen molar-refractivity contribution in [3.8, 4) is 11.1 Å². The average molecular weight is 839 g/mol. The maximum atomic E-state index is 13.4. The van der Waals surface area contributed by atoms with Gasteiger partial charge in [-0.05, 0) is 74.4 Å². The molecule has 5 atom stereocenters. The second-order valence-corrected chi connectivity index (χ2v) is 14.0. The Labute approximate surface area is 348 Å². The molecule has 14 N–H and O–H groups in total. The highest BCUT2D eigenvalue weighted by Gasteiger charge is 2.33. The SMILES string of the molecule is CCCCc1ccc(-c2ccc(C(=O)NCCC(=O)NC(CCCCN)C(=O)NC(C(=O)NC(N)C(=O)NC(CC(N)=O)C(=O)NCC(=O)C(=O)NC)C(C)O)cc2)cc1. The molecule has 0 spiro atoms. The molecule has 0 saturated heterocycles. The van der Waals surface area contributed by atoms with E-state index >= 15 is 0 Å². The van der Waals surface area contributed by atoms with E-state index in [0.717, 1.165) is 30.4 Å². The van der Waals surface area contributed by atoms with Gasteiger partial charge in [-0.1, -0.05) is 49.7 Å². The number of hydrogen-bond acceptors (Lipinski definition) is 12. The zero-order valence-electron chi connectivity index (χ0n) is 34.1. The molecular formula is C40H58N10O10. The van der Waals surface area contributed by atoms with E-state index in [2.05, 4.69) is 56.3 Å². The number of aliphatic hydroxyl groups is 1. The second-order valence-electron chi connectivity index (χ2n) is 14.0. The van der Waals surface area contributed by atoms with Gasteiger partial charge in [0.1, 0.15) is 18.1 Å². The quantitative estimate of drug-likeness (QED) is 0.0266. The molecule has 20 heteroatoms. The Morgan fingerprint density at radius 1 is 0.733 bits per heavy atom. The summed E-state index contributed by atoms with van der Waals surface area (Å²) in [5.41, 5.74) is 20.2. The van der Waals surface area contributed by atoms with Crippen molar-refractivity contribution in [1.29, 1.82) is 0 Å². The number of unbranched alkanes of at least 4 members (excludes halogenated alkanes) is 2. The fraction of sp³-hybridized carbons (Fsp3) is 0.475. The van der Waals surface area contributed by atoms with Crippen LogP contribution in [0.4, 0.5) is 0 Å². The van der Waals surface area contributed by atoms with Crippen molar-refractivity contribution in [3.05, 3.63) is 59.7 Å². The molecular weight excluding hydrogens is 780 g/mol. The second kappa shape index (κ2) is 26.0. The molecule has 5 unspecified atom stereocenters. The van der Waals surface area contributed by atoms with Crippen molar-refractivity contribution in [3.63, 3.8) is 0 Å². The summed E-state index contributed by atoms with van der Waals surface area (Å²) in [4.78, 5) is 112. The first-order valence-electron chi connectivity index (χ1n) is 19.6. The van der Waals surface area contributed by atoms with Crippen LogP contribution in [0.5, 0.6) is 0 Å². The third kappa shape index (κ3) is 17.3. The number of primary amides is 1. The van der Waals surface area contributed by atoms with Crippen LogP contribution < -0.4 is 54.4 Å². The van der Waals surface area contributed by atoms with E-state index in [0.29, 0.717) is 24.9 Å². The Bertz CT molecular complexity index is 1800. The first-order chi connectivity index (χ1) is 28.5. The lowest BCUT2D eigenvalue weighted by atomic mass is 10.0. The molecule has 2 rings (SSSR count). The standard InChI is InChI=1S/C40H58N10O10/c1-4-5-8-24-10-12-25(13-11-24)26-14-16-27(17-15-26)35(55)45-20-18-32(54)47-28(9-6-7-19-41)37(57)49-33(23(2)51)39(59)50-34(43)40(60)48-29(21-31(42)53)36(56)46-22-30(52)38(58)44-3/h10-17,23,28-29,33-34,51H,4-9,18-22,41,43H2,1-3H3,(H2,42,53)(H,44,58)(H,45,55)(H,46,56)(H,47,54)(H,48,60)(H,49,57)(H,50,59). The average Bonchev–Trinajstić information content (AvgIpc) is 3.22. The predicted octanol–water partition coefficient (Wildman–Crippen LogP) is -2.51. The Morgan fingerprint density at radius 2 is 1.37 bits per heavy atom. The van der Waals surface area contributed by atoms with Crippen LogP contribution in [0.25, 0.3) is 11.1 Å². The summed E-state index contributed by atoms with van der Waals surface area (Å²) >= 11 is 0. The number of carbonyl (C=O) groups is 9. The molecule has 0 aliphatic rings. The third-order valence-electron chi connectivity index (χ3n) is 9.07. The Hall–Kier alpha value is -6.25. The van der Waals surface area contributed by atoms with Gasteiger partial charge in [0.25, 0.3) is 17.7 Å². The fourth-order valence-corrected chi connectivity index (χ4v) is 5.63. The summed E-state index contributed by atoms with van der Waals surface area (Å²) in [6.07, 6.45) is -0.117. The van der Waals surface area contributed by atoms with Crippen LogP contribution in [0.1, 0.15) is 74.7 Å². The van der Waals surface area contributed by atoms with Gasteiger partial charge < -0.3 is 59.5 Å². The Morgan fingerprint density at radius 3 is 1.93 bits per heavy atom. The van der Waals surface area contributed by atoms with E-state index in [1.54, 1.807) is 12.1 Å². The number of nitrogens with two attached hydrogens (primary N) is 3. The third-order valence-corrected chi connectivity index (χ3v) is 9.07. The molecule has 0 aliphatic heterocycles. The number of aryl methyl sites for hydroxylation is 1. The molecule has 0 radical (unpaired) electrons. The van der Waals surface area contributed by atoms with Crippen LogP contribution in [0.15, 0.2) is 48.5 Å². The summed E-state index contributed by atoms with van der Waals surface area (Å²) in [6.45, 7) is 2.80. The number of Topliss-reactive ketones (excluding diaryl/α,β-unsaturated/α-hetero) is 1. The summed E-state index contributed by atoms with van der Waals surface area (Å²) < 4.78 is 0. The van der Waals surface area contributed by atoms with E-state index in [1.165, 1.54) is 19.5 Å². The van der Waals surface area contributed by atoms with Crippen LogP contribution in [0, 0.1) is 0 Å². The molecule has 2 aromatic rings. The number of likely N-dealkylation sites (N-methyl/N-ethyl adjacent to an activating group) is 1. The highest BCUT2D eigenvalue weighted by atomic mass is 16.3. The molecule has 8 amide bonds. The van der Waals surface area contributed by atoms with Crippen molar-refractivity contribution in [2.75, 3.05) is 26.7 Å². The first-order valence-corrected chi connectivity index (χ1v) is 19.6. The summed E-state index contributed by atoms with van der Waals surface area (Å²) in [6, 6.07) is 10.8. The molecule has 328 valence electrons. The van der Waals surface area contributed by atoms with Crippen LogP contribution in [0.3, 0.4) is 0 Å². The van der Waals surface area contributed by atoms with E-state index in [1.807, 2.05) is 24.3 Å². The number of nitrogens with one attached hydrogen (secondary N) is 7. The maximum Gasteiger partial charge on any atom is 0.289 e. The van der Waals surface area contributed by atoms with Gasteiger partial charge in [0.05, 0.1) is 19.1 Å². The van der Waals surface area contributed by atoms with Gasteiger partial charge in [-0.2, -0.15) is 0 Å². The number of rotatable bonds is 26. The largest absolute Gasteiger partial charge is 0.391 e. The van der Waals surface area contributed by atoms with Crippen molar-refractivity contribution in [1.82, 2.24) is 37.2 Å². The lowest BCUT2D eigenvalue weighted by molar-refractivity contribution is -0.138. The summed E-state index contributed by atoms with van der Waals surface area (Å²) in [5.74, 6) is -8.30. The fourth-order valence-electron chi connectivity index (χ4n) is 5.63. The molecule has 0 heterocycles. The van der Waals surface area contributed by atoms with Gasteiger partial charge in [0.15, 0.2) is 6.17 Å². The van der Waals surface area contributed by atoms with Crippen LogP contribution in [0.2, 0.25) is 0 Å². The van der Waals surface area contributed by atoms with Gasteiger partial charge in [-0.25, -0.2) is 0 Å². The normalized spacial score (nSPS) is 13.2. The minimum absolute atomic E-state index is 0.0580. The van der Waals surface area contributed by atoms with Crippen molar-refractivity contribution in [2.45, 2.75) is 95.6 Å². The maximum absolute atomic E-state index is 13.4. The van der Waals surface area contributed by atoms with E-state index in [4.69, 9.17) is 17.2 Å². The molecule has 0 bridgehead atoms. The van der Waals surface area contributed by atoms with Gasteiger partial charge in [0.2, 0.25) is 35.3 Å². The van der Waals surface area contributed by atoms with Crippen LogP contribution in [-0.4, -0.2) is 115 Å². The molecule has 0 saturated carbocycles. The lowest BCUT2D eigenvalue weighted by Crippen LogP contribution is -2.63. The molecule has 60 heavy (non-hydrogen) atoms. The molecule has 0 aliphatic carbocycles. The summed E-state index contributed by atoms with van der Waals surface area (Å²) in [5, 5.41) is 26.4. The Kier molecular flexibility index (Phi) is 21.6. The van der Waals surface area contributed by atoms with E-state index < -0.39 is 96.4 Å². The zero-order valence-corrected chi connectivity index (χ0v) is 34.1. The first kappa shape index (κ1) is 49.9. The van der Waals surface area contributed by atoms with Gasteiger partial charge in [0, 0.05) is 25.6 Å². The van der Waals surface area contributed by atoms with Crippen molar-refractivity contribution < 1.29 is 48.3 Å². The smallest absolute Gasteiger partial charge is 0.289 e. The number of carbonyl (C=O) groups excluding carboxylic acids is 9. The number of aliphatic hydroxyl groups excluding tert-OH is 1. The monoisotopic (exact) mass is 838 g/mol. The topological polar surface area (TPSA) is 336 Å². The predicted molar refractivity (Wildman–Crippen MR) is 220 cm³/mol. The van der Waals surface area contributed by atoms with Crippen molar-refractivity contribution >= 4 is 53.0 Å². The highest BCUT2D eigenvalue weighted by molar-refractivity contribution is 6.37. The van der Waals surface area contributed by atoms with Crippen LogP contribution >= 0.6 is 0 Å². The zero-order chi connectivity index (χ0) is 44.8. The lowest BCUT2D eigenvalue weighted by Gasteiger charge is -2.26. The molecule has 0 aromatic heterocycles. The van der Waals surface area contributed by atoms with Gasteiger partial charge in [-0.15, -0.1) is 0 Å². The summed E-state index contributed by atoms with van der Waals surface area (Å²) in [7, 11) is 1.20. The van der Waals surface area contributed by atoms with E-state index in [9.17, 15) is 48.3 Å². The van der Waals surface area contributed by atoms with Gasteiger partial charge in [-0.3, -0.25) is 43.2 Å². The van der Waals surface area contributed by atoms with Crippen molar-refractivity contribution in [2.24, 2.45) is 17.2 Å². The number of ketones is 1. The molecule has 20 nitrogen and oxygen atoms in total. The van der Waals surface area contributed by atoms with Gasteiger partial charge >= 0.3 is 0 Å². The minimum atomic E-state index is -1.90. The Balaban J connectivity index is 1.99. The molecule has 2 aromatic carbocycles. The molecule has 0 fully saturated rings. The minimum Gasteiger partial charge on any atom is -0.391 e. The number of benzene rings is 2.